The Morgan fingerprint density at radius 3 is 2.78 bits per heavy atom. The van der Waals surface area contributed by atoms with Gasteiger partial charge in [0, 0.05) is 12.0 Å². The SMILES string of the molecule is [CH]c1ccc(OCC2CCCO2)c2ccccc12. The highest BCUT2D eigenvalue weighted by molar-refractivity contribution is 5.91. The summed E-state index contributed by atoms with van der Waals surface area (Å²) in [5.74, 6) is 0.885. The molecular weight excluding hydrogens is 224 g/mol. The van der Waals surface area contributed by atoms with Crippen LogP contribution in [0, 0.1) is 6.92 Å². The molecule has 0 spiro atoms. The van der Waals surface area contributed by atoms with Crippen molar-refractivity contribution in [2.45, 2.75) is 18.9 Å². The van der Waals surface area contributed by atoms with Gasteiger partial charge < -0.3 is 9.47 Å². The average Bonchev–Trinajstić information content (AvgIpc) is 2.92. The van der Waals surface area contributed by atoms with Crippen LogP contribution >= 0.6 is 0 Å². The van der Waals surface area contributed by atoms with Crippen LogP contribution in [0.25, 0.3) is 10.8 Å². The predicted molar refractivity (Wildman–Crippen MR) is 71.8 cm³/mol. The van der Waals surface area contributed by atoms with Gasteiger partial charge >= 0.3 is 0 Å². The third kappa shape index (κ3) is 2.21. The van der Waals surface area contributed by atoms with E-state index in [4.69, 9.17) is 16.4 Å². The zero-order valence-corrected chi connectivity index (χ0v) is 10.3. The van der Waals surface area contributed by atoms with Crippen molar-refractivity contribution in [3.8, 4) is 5.75 Å². The van der Waals surface area contributed by atoms with E-state index in [0.717, 1.165) is 41.5 Å². The molecule has 2 aromatic rings. The highest BCUT2D eigenvalue weighted by Crippen LogP contribution is 2.28. The maximum atomic E-state index is 5.96. The fourth-order valence-electron chi connectivity index (χ4n) is 2.38. The van der Waals surface area contributed by atoms with Gasteiger partial charge in [0.15, 0.2) is 0 Å². The Balaban J connectivity index is 1.85. The summed E-state index contributed by atoms with van der Waals surface area (Å²) in [6.45, 7) is 7.44. The lowest BCUT2D eigenvalue weighted by Crippen LogP contribution is -2.16. The molecule has 2 aromatic carbocycles. The van der Waals surface area contributed by atoms with Crippen LogP contribution in [0.3, 0.4) is 0 Å². The Labute approximate surface area is 108 Å². The van der Waals surface area contributed by atoms with Crippen LogP contribution in [-0.4, -0.2) is 19.3 Å². The Morgan fingerprint density at radius 2 is 2.00 bits per heavy atom. The van der Waals surface area contributed by atoms with Crippen LogP contribution in [0.1, 0.15) is 18.4 Å². The van der Waals surface area contributed by atoms with E-state index in [1.165, 1.54) is 0 Å². The number of fused-ring (bicyclic) bond motifs is 1. The smallest absolute Gasteiger partial charge is 0.127 e. The van der Waals surface area contributed by atoms with E-state index in [1.807, 2.05) is 36.4 Å². The molecule has 1 heterocycles. The molecule has 92 valence electrons. The van der Waals surface area contributed by atoms with Gasteiger partial charge in [-0.25, -0.2) is 0 Å². The maximum absolute atomic E-state index is 5.96. The van der Waals surface area contributed by atoms with E-state index >= 15 is 0 Å². The third-order valence-corrected chi connectivity index (χ3v) is 3.37. The molecule has 1 fully saturated rings. The zero-order valence-electron chi connectivity index (χ0n) is 10.3. The highest BCUT2D eigenvalue weighted by Gasteiger charge is 2.16. The lowest BCUT2D eigenvalue weighted by molar-refractivity contribution is 0.0685. The minimum Gasteiger partial charge on any atom is -0.490 e. The number of hydrogen-bond donors (Lipinski definition) is 0. The van der Waals surface area contributed by atoms with Crippen LogP contribution in [0.5, 0.6) is 5.75 Å². The standard InChI is InChI=1S/C16H16O2/c1-12-8-9-16(15-7-3-2-6-14(12)15)18-11-13-5-4-10-17-13/h1-3,6-9,13H,4-5,10-11H2. The van der Waals surface area contributed by atoms with Gasteiger partial charge in [0.2, 0.25) is 0 Å². The van der Waals surface area contributed by atoms with Crippen LogP contribution in [-0.2, 0) is 4.74 Å². The highest BCUT2D eigenvalue weighted by atomic mass is 16.5. The fraction of sp³-hybridized carbons (Fsp3) is 0.312. The largest absolute Gasteiger partial charge is 0.490 e. The second kappa shape index (κ2) is 4.99. The number of rotatable bonds is 3. The number of hydrogen-bond acceptors (Lipinski definition) is 2. The van der Waals surface area contributed by atoms with Gasteiger partial charge in [0.1, 0.15) is 12.4 Å². The van der Waals surface area contributed by atoms with Crippen molar-refractivity contribution in [2.24, 2.45) is 0 Å². The minimum atomic E-state index is 0.237. The predicted octanol–water partition coefficient (Wildman–Crippen LogP) is 3.46. The average molecular weight is 240 g/mol. The molecule has 0 aliphatic carbocycles. The molecule has 18 heavy (non-hydrogen) atoms. The van der Waals surface area contributed by atoms with Crippen molar-refractivity contribution in [1.29, 1.82) is 0 Å². The Hall–Kier alpha value is -1.54. The summed E-state index contributed by atoms with van der Waals surface area (Å²) in [5, 5.41) is 2.11. The summed E-state index contributed by atoms with van der Waals surface area (Å²) in [5.41, 5.74) is 0.787. The van der Waals surface area contributed by atoms with Crippen molar-refractivity contribution in [2.75, 3.05) is 13.2 Å². The van der Waals surface area contributed by atoms with Crippen LogP contribution in [0.2, 0.25) is 0 Å². The first-order valence-corrected chi connectivity index (χ1v) is 6.36. The molecule has 0 amide bonds. The van der Waals surface area contributed by atoms with Gasteiger partial charge in [0.05, 0.1) is 6.10 Å². The van der Waals surface area contributed by atoms with Gasteiger partial charge in [-0.15, -0.1) is 0 Å². The Kier molecular flexibility index (Phi) is 3.20. The molecular formula is C16H16O2. The summed E-state index contributed by atoms with van der Waals surface area (Å²) < 4.78 is 11.4. The van der Waals surface area contributed by atoms with Crippen molar-refractivity contribution in [3.63, 3.8) is 0 Å². The Bertz CT molecular complexity index is 542. The van der Waals surface area contributed by atoms with Gasteiger partial charge in [-0.1, -0.05) is 30.3 Å². The lowest BCUT2D eigenvalue weighted by atomic mass is 10.0. The van der Waals surface area contributed by atoms with Gasteiger partial charge in [-0.2, -0.15) is 0 Å². The van der Waals surface area contributed by atoms with Gasteiger partial charge in [-0.3, -0.25) is 0 Å². The molecule has 1 atom stereocenters. The van der Waals surface area contributed by atoms with Crippen LogP contribution in [0.15, 0.2) is 36.4 Å². The summed E-state index contributed by atoms with van der Waals surface area (Å²) in [4.78, 5) is 0. The van der Waals surface area contributed by atoms with E-state index in [1.54, 1.807) is 0 Å². The molecule has 0 bridgehead atoms. The quantitative estimate of drug-likeness (QED) is 0.818. The van der Waals surface area contributed by atoms with Gasteiger partial charge in [0.25, 0.3) is 0 Å². The molecule has 1 aliphatic rings. The molecule has 1 aliphatic heterocycles. The van der Waals surface area contributed by atoms with E-state index in [2.05, 4.69) is 0 Å². The molecule has 1 unspecified atom stereocenters. The molecule has 1 saturated heterocycles. The van der Waals surface area contributed by atoms with Crippen molar-refractivity contribution >= 4 is 10.8 Å². The second-order valence-electron chi connectivity index (χ2n) is 4.64. The monoisotopic (exact) mass is 240 g/mol. The molecule has 2 radical (unpaired) electrons. The topological polar surface area (TPSA) is 18.5 Å². The zero-order chi connectivity index (χ0) is 12.4. The summed E-state index contributed by atoms with van der Waals surface area (Å²) in [6.07, 6.45) is 2.46. The molecule has 0 saturated carbocycles. The van der Waals surface area contributed by atoms with E-state index in [0.29, 0.717) is 6.61 Å². The summed E-state index contributed by atoms with van der Waals surface area (Å²) in [7, 11) is 0. The Morgan fingerprint density at radius 1 is 1.17 bits per heavy atom. The summed E-state index contributed by atoms with van der Waals surface area (Å²) >= 11 is 0. The molecule has 3 rings (SSSR count). The van der Waals surface area contributed by atoms with E-state index in [9.17, 15) is 0 Å². The number of ether oxygens (including phenoxy) is 2. The number of benzene rings is 2. The minimum absolute atomic E-state index is 0.237. The fourth-order valence-corrected chi connectivity index (χ4v) is 2.38. The second-order valence-corrected chi connectivity index (χ2v) is 4.64. The molecule has 0 aromatic heterocycles. The first kappa shape index (κ1) is 11.5. The maximum Gasteiger partial charge on any atom is 0.127 e. The van der Waals surface area contributed by atoms with Crippen LogP contribution in [0.4, 0.5) is 0 Å². The van der Waals surface area contributed by atoms with E-state index in [-0.39, 0.29) is 6.10 Å². The van der Waals surface area contributed by atoms with Gasteiger partial charge in [-0.05, 0) is 36.8 Å². The molecule has 2 heteroatoms. The lowest BCUT2D eigenvalue weighted by Gasteiger charge is -2.14. The molecule has 0 N–H and O–H groups in total. The third-order valence-electron chi connectivity index (χ3n) is 3.37. The van der Waals surface area contributed by atoms with Crippen molar-refractivity contribution < 1.29 is 9.47 Å². The van der Waals surface area contributed by atoms with Crippen molar-refractivity contribution in [3.05, 3.63) is 48.9 Å². The molecule has 2 nitrogen and oxygen atoms in total. The van der Waals surface area contributed by atoms with E-state index < -0.39 is 0 Å². The van der Waals surface area contributed by atoms with Crippen molar-refractivity contribution in [1.82, 2.24) is 0 Å². The first-order chi connectivity index (χ1) is 8.84. The first-order valence-electron chi connectivity index (χ1n) is 6.36. The normalized spacial score (nSPS) is 19.3. The summed E-state index contributed by atoms with van der Waals surface area (Å²) in [6, 6.07) is 11.9. The van der Waals surface area contributed by atoms with Crippen LogP contribution < -0.4 is 4.74 Å².